The largest absolute Gasteiger partial charge is 0.375 e. The number of halogens is 1. The molecule has 0 spiro atoms. The molecular weight excluding hydrogens is 254 g/mol. The van der Waals surface area contributed by atoms with Gasteiger partial charge in [0, 0.05) is 30.7 Å². The quantitative estimate of drug-likeness (QED) is 0.868. The molecule has 0 atom stereocenters. The zero-order valence-electron chi connectivity index (χ0n) is 11.1. The van der Waals surface area contributed by atoms with Crippen LogP contribution < -0.4 is 5.73 Å². The first-order valence-corrected chi connectivity index (χ1v) is 6.71. The molecule has 1 aromatic heterocycles. The van der Waals surface area contributed by atoms with Crippen molar-refractivity contribution in [3.8, 4) is 0 Å². The van der Waals surface area contributed by atoms with E-state index < -0.39 is 0 Å². The third-order valence-electron chi connectivity index (χ3n) is 2.20. The van der Waals surface area contributed by atoms with Crippen LogP contribution in [0.5, 0.6) is 0 Å². The van der Waals surface area contributed by atoms with Crippen molar-refractivity contribution in [2.75, 3.05) is 18.8 Å². The monoisotopic (exact) mass is 277 g/mol. The lowest BCUT2D eigenvalue weighted by atomic mass is 10.1. The molecule has 1 aromatic rings. The second-order valence-electron chi connectivity index (χ2n) is 5.15. The van der Waals surface area contributed by atoms with E-state index in [1.807, 2.05) is 6.20 Å². The van der Waals surface area contributed by atoms with Gasteiger partial charge in [0.1, 0.15) is 0 Å². The summed E-state index contributed by atoms with van der Waals surface area (Å²) >= 11 is 1.60. The molecule has 0 aliphatic heterocycles. The summed E-state index contributed by atoms with van der Waals surface area (Å²) in [5.74, 6) is 1.40. The van der Waals surface area contributed by atoms with E-state index in [2.05, 4.69) is 37.6 Å². The molecule has 0 radical (unpaired) electrons. The minimum atomic E-state index is 0. The molecule has 3 nitrogen and oxygen atoms in total. The number of hydrogen-bond acceptors (Lipinski definition) is 4. The number of thiazole rings is 1. The summed E-state index contributed by atoms with van der Waals surface area (Å²) in [4.78, 5) is 7.85. The van der Waals surface area contributed by atoms with Crippen molar-refractivity contribution in [2.24, 2.45) is 11.8 Å². The van der Waals surface area contributed by atoms with Crippen LogP contribution in [0.2, 0.25) is 0 Å². The fraction of sp³-hybridized carbons (Fsp3) is 0.750. The molecule has 0 fully saturated rings. The number of nitrogen functional groups attached to an aromatic ring is 1. The number of nitrogens with two attached hydrogens (primary N) is 1. The highest BCUT2D eigenvalue weighted by Gasteiger charge is 2.11. The number of hydrogen-bond donors (Lipinski definition) is 1. The molecular formula is C12H24ClN3S. The smallest absolute Gasteiger partial charge is 0.180 e. The van der Waals surface area contributed by atoms with Crippen LogP contribution in [0, 0.1) is 11.8 Å². The molecule has 0 unspecified atom stereocenters. The van der Waals surface area contributed by atoms with Crippen LogP contribution in [0.1, 0.15) is 32.6 Å². The Bertz CT molecular complexity index is 302. The van der Waals surface area contributed by atoms with Crippen LogP contribution in [0.25, 0.3) is 0 Å². The Labute approximate surface area is 115 Å². The molecule has 0 aromatic carbocycles. The Balaban J connectivity index is 0.00000256. The highest BCUT2D eigenvalue weighted by atomic mass is 35.5. The average Bonchev–Trinajstić information content (AvgIpc) is 2.48. The maximum Gasteiger partial charge on any atom is 0.180 e. The Hall–Kier alpha value is -0.320. The third kappa shape index (κ3) is 6.86. The Morgan fingerprint density at radius 3 is 2.12 bits per heavy atom. The molecule has 2 N–H and O–H groups in total. The van der Waals surface area contributed by atoms with Crippen molar-refractivity contribution in [1.82, 2.24) is 9.88 Å². The van der Waals surface area contributed by atoms with E-state index in [1.165, 1.54) is 4.88 Å². The second-order valence-corrected chi connectivity index (χ2v) is 6.29. The zero-order chi connectivity index (χ0) is 12.1. The van der Waals surface area contributed by atoms with Gasteiger partial charge in [-0.15, -0.1) is 23.7 Å². The topological polar surface area (TPSA) is 42.2 Å². The first-order chi connectivity index (χ1) is 7.47. The Kier molecular flexibility index (Phi) is 7.75. The molecule has 0 bridgehead atoms. The number of rotatable bonds is 6. The molecule has 5 heteroatoms. The van der Waals surface area contributed by atoms with Crippen molar-refractivity contribution in [3.63, 3.8) is 0 Å². The average molecular weight is 278 g/mol. The van der Waals surface area contributed by atoms with Crippen molar-refractivity contribution in [2.45, 2.75) is 34.2 Å². The minimum Gasteiger partial charge on any atom is -0.375 e. The molecule has 0 amide bonds. The van der Waals surface area contributed by atoms with E-state index in [0.29, 0.717) is 17.0 Å². The fourth-order valence-corrected chi connectivity index (χ4v) is 2.58. The zero-order valence-corrected chi connectivity index (χ0v) is 12.8. The highest BCUT2D eigenvalue weighted by Crippen LogP contribution is 2.17. The lowest BCUT2D eigenvalue weighted by molar-refractivity contribution is 0.213. The molecule has 0 saturated heterocycles. The van der Waals surface area contributed by atoms with E-state index in [0.717, 1.165) is 19.6 Å². The standard InChI is InChI=1S/C12H23N3S.ClH/c1-9(2)6-15(7-10(3)4)8-11-5-14-12(13)16-11;/h5,9-10H,6-8H2,1-4H3,(H2,13,14);1H. The molecule has 1 rings (SSSR count). The lowest BCUT2D eigenvalue weighted by Gasteiger charge is -2.25. The van der Waals surface area contributed by atoms with Gasteiger partial charge in [-0.2, -0.15) is 0 Å². The molecule has 0 aliphatic rings. The van der Waals surface area contributed by atoms with E-state index in [1.54, 1.807) is 11.3 Å². The van der Waals surface area contributed by atoms with E-state index in [-0.39, 0.29) is 12.4 Å². The van der Waals surface area contributed by atoms with Crippen LogP contribution >= 0.6 is 23.7 Å². The van der Waals surface area contributed by atoms with Gasteiger partial charge in [-0.05, 0) is 11.8 Å². The molecule has 17 heavy (non-hydrogen) atoms. The predicted molar refractivity (Wildman–Crippen MR) is 78.7 cm³/mol. The third-order valence-corrected chi connectivity index (χ3v) is 3.01. The SMILES string of the molecule is CC(C)CN(Cc1cnc(N)s1)CC(C)C.Cl. The van der Waals surface area contributed by atoms with Crippen LogP contribution in [-0.2, 0) is 6.54 Å². The summed E-state index contributed by atoms with van der Waals surface area (Å²) < 4.78 is 0. The maximum atomic E-state index is 5.65. The van der Waals surface area contributed by atoms with Crippen LogP contribution in [0.3, 0.4) is 0 Å². The van der Waals surface area contributed by atoms with Gasteiger partial charge in [0.25, 0.3) is 0 Å². The van der Waals surface area contributed by atoms with E-state index >= 15 is 0 Å². The van der Waals surface area contributed by atoms with Gasteiger partial charge in [0.2, 0.25) is 0 Å². The van der Waals surface area contributed by atoms with E-state index in [9.17, 15) is 0 Å². The van der Waals surface area contributed by atoms with Crippen LogP contribution in [0.4, 0.5) is 5.13 Å². The summed E-state index contributed by atoms with van der Waals surface area (Å²) in [6, 6.07) is 0. The summed E-state index contributed by atoms with van der Waals surface area (Å²) in [6.45, 7) is 12.3. The van der Waals surface area contributed by atoms with Crippen molar-refractivity contribution in [3.05, 3.63) is 11.1 Å². The number of nitrogens with zero attached hydrogens (tertiary/aromatic N) is 2. The highest BCUT2D eigenvalue weighted by molar-refractivity contribution is 7.15. The summed E-state index contributed by atoms with van der Waals surface area (Å²) in [6.07, 6.45) is 1.90. The number of aromatic nitrogens is 1. The second kappa shape index (κ2) is 7.90. The van der Waals surface area contributed by atoms with Crippen molar-refractivity contribution in [1.29, 1.82) is 0 Å². The van der Waals surface area contributed by atoms with Gasteiger partial charge in [0.15, 0.2) is 5.13 Å². The molecule has 100 valence electrons. The summed E-state index contributed by atoms with van der Waals surface area (Å²) in [5, 5.41) is 0.670. The van der Waals surface area contributed by atoms with Gasteiger partial charge in [0.05, 0.1) is 0 Å². The van der Waals surface area contributed by atoms with Crippen molar-refractivity contribution < 1.29 is 0 Å². The lowest BCUT2D eigenvalue weighted by Crippen LogP contribution is -2.30. The Morgan fingerprint density at radius 2 is 1.76 bits per heavy atom. The fourth-order valence-electron chi connectivity index (χ4n) is 1.85. The van der Waals surface area contributed by atoms with Gasteiger partial charge in [-0.25, -0.2) is 4.98 Å². The van der Waals surface area contributed by atoms with Gasteiger partial charge in [-0.1, -0.05) is 27.7 Å². The minimum absolute atomic E-state index is 0. The molecule has 1 heterocycles. The van der Waals surface area contributed by atoms with Gasteiger partial charge >= 0.3 is 0 Å². The summed E-state index contributed by atoms with van der Waals surface area (Å²) in [5.41, 5.74) is 5.65. The van der Waals surface area contributed by atoms with Crippen molar-refractivity contribution >= 4 is 28.9 Å². The van der Waals surface area contributed by atoms with Crippen LogP contribution in [0.15, 0.2) is 6.20 Å². The first-order valence-electron chi connectivity index (χ1n) is 5.90. The van der Waals surface area contributed by atoms with Gasteiger partial charge < -0.3 is 5.73 Å². The maximum absolute atomic E-state index is 5.65. The predicted octanol–water partition coefficient (Wildman–Crippen LogP) is 3.26. The van der Waals surface area contributed by atoms with Crippen LogP contribution in [-0.4, -0.2) is 23.0 Å². The first kappa shape index (κ1) is 16.7. The van der Waals surface area contributed by atoms with E-state index in [4.69, 9.17) is 5.73 Å². The molecule has 0 aliphatic carbocycles. The number of anilines is 1. The Morgan fingerprint density at radius 1 is 1.24 bits per heavy atom. The normalized spacial score (nSPS) is 11.2. The van der Waals surface area contributed by atoms with Gasteiger partial charge in [-0.3, -0.25) is 4.90 Å². The molecule has 0 saturated carbocycles. The summed E-state index contributed by atoms with van der Waals surface area (Å²) in [7, 11) is 0.